The Morgan fingerprint density at radius 1 is 1.12 bits per heavy atom. The third-order valence-corrected chi connectivity index (χ3v) is 4.22. The zero-order valence-corrected chi connectivity index (χ0v) is 10.7. The van der Waals surface area contributed by atoms with E-state index < -0.39 is 10.0 Å². The van der Waals surface area contributed by atoms with Crippen LogP contribution in [0, 0.1) is 6.92 Å². The topological polar surface area (TPSA) is 46.2 Å². The highest BCUT2D eigenvalue weighted by molar-refractivity contribution is 7.89. The fraction of sp³-hybridized carbons (Fsp3) is 0.231. The number of rotatable bonds is 3. The van der Waals surface area contributed by atoms with Crippen LogP contribution in [0.3, 0.4) is 0 Å². The molecular weight excluding hydrogens is 234 g/mol. The quantitative estimate of drug-likeness (QED) is 0.892. The van der Waals surface area contributed by atoms with E-state index in [9.17, 15) is 8.42 Å². The number of nitrogens with one attached hydrogen (secondary N) is 1. The molecule has 0 aliphatic heterocycles. The first kappa shape index (κ1) is 12.1. The normalized spacial score (nSPS) is 19.4. The van der Waals surface area contributed by atoms with Gasteiger partial charge in [-0.3, -0.25) is 0 Å². The number of allylic oxidation sites excluding steroid dienone is 2. The Hall–Kier alpha value is -1.39. The Balaban J connectivity index is 2.22. The van der Waals surface area contributed by atoms with Gasteiger partial charge in [-0.1, -0.05) is 41.5 Å². The minimum atomic E-state index is -3.44. The zero-order valence-electron chi connectivity index (χ0n) is 9.84. The summed E-state index contributed by atoms with van der Waals surface area (Å²) in [5.41, 5.74) is 2.04. The maximum Gasteiger partial charge on any atom is 0.241 e. The van der Waals surface area contributed by atoms with Crippen LogP contribution in [0.15, 0.2) is 53.0 Å². The van der Waals surface area contributed by atoms with E-state index in [0.717, 1.165) is 11.1 Å². The lowest BCUT2D eigenvalue weighted by Gasteiger charge is -2.13. The van der Waals surface area contributed by atoms with Crippen LogP contribution in [0.4, 0.5) is 0 Å². The molecule has 0 spiro atoms. The summed E-state index contributed by atoms with van der Waals surface area (Å²) in [6.07, 6.45) is 5.60. The first-order valence-electron chi connectivity index (χ1n) is 5.43. The van der Waals surface area contributed by atoms with Crippen LogP contribution in [0.25, 0.3) is 0 Å². The Morgan fingerprint density at radius 2 is 1.76 bits per heavy atom. The van der Waals surface area contributed by atoms with Gasteiger partial charge in [0, 0.05) is 0 Å². The van der Waals surface area contributed by atoms with E-state index in [1.54, 1.807) is 24.3 Å². The number of hydrogen-bond donors (Lipinski definition) is 1. The van der Waals surface area contributed by atoms with Gasteiger partial charge >= 0.3 is 0 Å². The fourth-order valence-electron chi connectivity index (χ4n) is 1.66. The second-order valence-corrected chi connectivity index (χ2v) is 5.92. The van der Waals surface area contributed by atoms with Gasteiger partial charge in [-0.25, -0.2) is 13.1 Å². The molecule has 2 rings (SSSR count). The molecule has 1 aromatic carbocycles. The Kier molecular flexibility index (Phi) is 3.17. The van der Waals surface area contributed by atoms with Crippen molar-refractivity contribution in [2.24, 2.45) is 0 Å². The fourth-order valence-corrected chi connectivity index (χ4v) is 2.89. The van der Waals surface area contributed by atoms with Crippen LogP contribution in [-0.4, -0.2) is 14.5 Å². The van der Waals surface area contributed by atoms with Crippen LogP contribution < -0.4 is 4.72 Å². The van der Waals surface area contributed by atoms with Gasteiger partial charge in [-0.05, 0) is 26.0 Å². The molecule has 0 aromatic heterocycles. The molecule has 1 unspecified atom stereocenters. The van der Waals surface area contributed by atoms with Crippen molar-refractivity contribution in [3.8, 4) is 0 Å². The highest BCUT2D eigenvalue weighted by Crippen LogP contribution is 2.15. The molecule has 1 aromatic rings. The van der Waals surface area contributed by atoms with Gasteiger partial charge in [0.05, 0.1) is 10.9 Å². The highest BCUT2D eigenvalue weighted by Gasteiger charge is 2.20. The monoisotopic (exact) mass is 249 g/mol. The molecule has 0 fully saturated rings. The van der Waals surface area contributed by atoms with E-state index in [2.05, 4.69) is 4.72 Å². The van der Waals surface area contributed by atoms with Crippen LogP contribution in [0.5, 0.6) is 0 Å². The third-order valence-electron chi connectivity index (χ3n) is 2.77. The average molecular weight is 249 g/mol. The van der Waals surface area contributed by atoms with Gasteiger partial charge in [0.25, 0.3) is 0 Å². The first-order valence-corrected chi connectivity index (χ1v) is 6.91. The lowest BCUT2D eigenvalue weighted by Crippen LogP contribution is -2.33. The van der Waals surface area contributed by atoms with Crippen molar-refractivity contribution in [3.63, 3.8) is 0 Å². The molecule has 0 bridgehead atoms. The molecule has 4 heteroatoms. The molecule has 1 aliphatic carbocycles. The van der Waals surface area contributed by atoms with Crippen molar-refractivity contribution in [2.45, 2.75) is 24.8 Å². The minimum absolute atomic E-state index is 0.221. The van der Waals surface area contributed by atoms with Gasteiger partial charge in [-0.15, -0.1) is 0 Å². The summed E-state index contributed by atoms with van der Waals surface area (Å²) in [5, 5.41) is 0. The number of hydrogen-bond acceptors (Lipinski definition) is 2. The molecule has 0 radical (unpaired) electrons. The van der Waals surface area contributed by atoms with Crippen molar-refractivity contribution in [1.29, 1.82) is 0 Å². The van der Waals surface area contributed by atoms with Gasteiger partial charge in [0.1, 0.15) is 0 Å². The summed E-state index contributed by atoms with van der Waals surface area (Å²) in [7, 11) is -3.44. The molecule has 17 heavy (non-hydrogen) atoms. The van der Waals surface area contributed by atoms with E-state index in [1.807, 2.05) is 32.1 Å². The minimum Gasteiger partial charge on any atom is -0.207 e. The van der Waals surface area contributed by atoms with Crippen LogP contribution in [-0.2, 0) is 10.0 Å². The van der Waals surface area contributed by atoms with E-state index in [1.165, 1.54) is 0 Å². The predicted octanol–water partition coefficient (Wildman–Crippen LogP) is 2.16. The first-order chi connectivity index (χ1) is 7.99. The molecule has 1 atom stereocenters. The average Bonchev–Trinajstić information content (AvgIpc) is 2.64. The van der Waals surface area contributed by atoms with Crippen molar-refractivity contribution in [1.82, 2.24) is 4.72 Å². The lowest BCUT2D eigenvalue weighted by molar-refractivity contribution is 0.578. The second kappa shape index (κ2) is 4.47. The molecule has 1 N–H and O–H groups in total. The molecular formula is C13H15NO2S. The van der Waals surface area contributed by atoms with Crippen LogP contribution in [0.2, 0.25) is 0 Å². The predicted molar refractivity (Wildman–Crippen MR) is 68.2 cm³/mol. The van der Waals surface area contributed by atoms with E-state index in [4.69, 9.17) is 0 Å². The Bertz CT molecular complexity index is 568. The van der Waals surface area contributed by atoms with Crippen molar-refractivity contribution < 1.29 is 8.42 Å². The molecule has 0 saturated carbocycles. The SMILES string of the molecule is CC1=CC=CC1NS(=O)(=O)c1ccc(C)cc1. The van der Waals surface area contributed by atoms with E-state index in [-0.39, 0.29) is 6.04 Å². The van der Waals surface area contributed by atoms with Crippen molar-refractivity contribution >= 4 is 10.0 Å². The molecule has 0 amide bonds. The van der Waals surface area contributed by atoms with E-state index in [0.29, 0.717) is 4.90 Å². The standard InChI is InChI=1S/C13H15NO2S/c1-10-6-8-12(9-7-10)17(15,16)14-13-5-3-4-11(13)2/h3-9,13-14H,1-2H3. The smallest absolute Gasteiger partial charge is 0.207 e. The zero-order chi connectivity index (χ0) is 12.5. The summed E-state index contributed by atoms with van der Waals surface area (Å²) in [6, 6.07) is 6.61. The summed E-state index contributed by atoms with van der Waals surface area (Å²) in [6.45, 7) is 3.83. The van der Waals surface area contributed by atoms with Crippen LogP contribution in [0.1, 0.15) is 12.5 Å². The van der Waals surface area contributed by atoms with Gasteiger partial charge in [-0.2, -0.15) is 0 Å². The molecule has 90 valence electrons. The summed E-state index contributed by atoms with van der Waals surface area (Å²) >= 11 is 0. The molecule has 3 nitrogen and oxygen atoms in total. The third kappa shape index (κ3) is 2.65. The van der Waals surface area contributed by atoms with Gasteiger partial charge < -0.3 is 0 Å². The molecule has 1 aliphatic rings. The number of benzene rings is 1. The van der Waals surface area contributed by atoms with Gasteiger partial charge in [0.2, 0.25) is 10.0 Å². The molecule has 0 heterocycles. The number of sulfonamides is 1. The summed E-state index contributed by atoms with van der Waals surface area (Å²) in [5.74, 6) is 0. The van der Waals surface area contributed by atoms with Gasteiger partial charge in [0.15, 0.2) is 0 Å². The second-order valence-electron chi connectivity index (χ2n) is 4.21. The lowest BCUT2D eigenvalue weighted by atomic mass is 10.2. The maximum atomic E-state index is 12.1. The van der Waals surface area contributed by atoms with E-state index >= 15 is 0 Å². The van der Waals surface area contributed by atoms with Crippen molar-refractivity contribution in [3.05, 3.63) is 53.6 Å². The maximum absolute atomic E-state index is 12.1. The number of aryl methyl sites for hydroxylation is 1. The highest BCUT2D eigenvalue weighted by atomic mass is 32.2. The summed E-state index contributed by atoms with van der Waals surface area (Å²) in [4.78, 5) is 0.302. The Morgan fingerprint density at radius 3 is 2.29 bits per heavy atom. The largest absolute Gasteiger partial charge is 0.241 e. The van der Waals surface area contributed by atoms with Crippen molar-refractivity contribution in [2.75, 3.05) is 0 Å². The Labute approximate surface area is 102 Å². The molecule has 0 saturated heterocycles. The summed E-state index contributed by atoms with van der Waals surface area (Å²) < 4.78 is 26.8. The van der Waals surface area contributed by atoms with Crippen LogP contribution >= 0.6 is 0 Å².